The van der Waals surface area contributed by atoms with E-state index in [-0.39, 0.29) is 43.0 Å². The van der Waals surface area contributed by atoms with Crippen LogP contribution in [0.5, 0.6) is 0 Å². The van der Waals surface area contributed by atoms with Crippen molar-refractivity contribution in [2.75, 3.05) is 72.4 Å². The molecule has 4 aliphatic heterocycles. The third kappa shape index (κ3) is 6.55. The third-order valence-electron chi connectivity index (χ3n) is 10.7. The van der Waals surface area contributed by atoms with Gasteiger partial charge < -0.3 is 29.5 Å². The molecule has 0 spiro atoms. The largest absolute Gasteiger partial charge is 0.378 e. The van der Waals surface area contributed by atoms with Crippen molar-refractivity contribution in [2.45, 2.75) is 56.5 Å². The lowest BCUT2D eigenvalue weighted by Crippen LogP contribution is -2.47. The maximum Gasteiger partial charge on any atom is 0.254 e. The Hall–Kier alpha value is -4.51. The number of rotatable bonds is 8. The maximum atomic E-state index is 13.7. The number of aliphatic imine (C=N–C) groups is 1. The summed E-state index contributed by atoms with van der Waals surface area (Å²) in [7, 11) is 0. The highest BCUT2D eigenvalue weighted by atomic mass is 16.5. The molecule has 13 heteroatoms. The summed E-state index contributed by atoms with van der Waals surface area (Å²) >= 11 is 0. The highest BCUT2D eigenvalue weighted by molar-refractivity contribution is 6.00. The molecule has 50 heavy (non-hydrogen) atoms. The number of carbonyl (C=O) groups excluding carboxylic acids is 3. The SMILES string of the molecule is C[C@@H](CC1(C2=NCN=N2)c2ccc(C(=O)N3CCOCC3)cc2CCc2cc(C(=O)N3CCOCC3)ccc21)NCC(=O)N1CCC[C@H]1C#N. The van der Waals surface area contributed by atoms with Gasteiger partial charge in [-0.3, -0.25) is 14.4 Å². The average Bonchev–Trinajstić information content (AvgIpc) is 3.87. The van der Waals surface area contributed by atoms with E-state index in [1.165, 1.54) is 0 Å². The van der Waals surface area contributed by atoms with Gasteiger partial charge in [0.05, 0.1) is 44.5 Å². The molecular formula is C37H44N8O5. The quantitative estimate of drug-likeness (QED) is 0.450. The van der Waals surface area contributed by atoms with Gasteiger partial charge in [-0.2, -0.15) is 10.4 Å². The Morgan fingerprint density at radius 2 is 1.50 bits per heavy atom. The minimum Gasteiger partial charge on any atom is -0.378 e. The highest BCUT2D eigenvalue weighted by Gasteiger charge is 2.46. The van der Waals surface area contributed by atoms with Crippen molar-refractivity contribution in [1.82, 2.24) is 20.0 Å². The predicted molar refractivity (Wildman–Crippen MR) is 184 cm³/mol. The molecule has 3 amide bonds. The summed E-state index contributed by atoms with van der Waals surface area (Å²) in [6.45, 7) is 7.25. The minimum atomic E-state index is -0.874. The number of nitrogens with zero attached hydrogens (tertiary/aromatic N) is 7. The third-order valence-corrected chi connectivity index (χ3v) is 10.7. The van der Waals surface area contributed by atoms with Crippen LogP contribution in [0.4, 0.5) is 0 Å². The Morgan fingerprint density at radius 3 is 2.02 bits per heavy atom. The van der Waals surface area contributed by atoms with E-state index in [1.807, 2.05) is 53.1 Å². The molecule has 2 atom stereocenters. The van der Waals surface area contributed by atoms with Gasteiger partial charge in [0.2, 0.25) is 5.91 Å². The lowest BCUT2D eigenvalue weighted by Gasteiger charge is -2.37. The molecule has 262 valence electrons. The monoisotopic (exact) mass is 680 g/mol. The number of hydrogen-bond acceptors (Lipinski definition) is 10. The molecule has 0 bridgehead atoms. The molecule has 3 saturated heterocycles. The van der Waals surface area contributed by atoms with E-state index in [0.717, 1.165) is 28.7 Å². The molecule has 3 fully saturated rings. The summed E-state index contributed by atoms with van der Waals surface area (Å²) in [5.41, 5.74) is 4.39. The van der Waals surface area contributed by atoms with Crippen LogP contribution in [0.3, 0.4) is 0 Å². The number of ether oxygens (including phenoxy) is 2. The predicted octanol–water partition coefficient (Wildman–Crippen LogP) is 2.72. The number of nitriles is 1. The molecule has 0 aromatic heterocycles. The first-order chi connectivity index (χ1) is 24.4. The van der Waals surface area contributed by atoms with E-state index in [9.17, 15) is 19.6 Å². The van der Waals surface area contributed by atoms with Crippen molar-refractivity contribution in [3.63, 3.8) is 0 Å². The number of carbonyl (C=O) groups is 3. The molecule has 7 rings (SSSR count). The fourth-order valence-electron chi connectivity index (χ4n) is 8.11. The van der Waals surface area contributed by atoms with Crippen molar-refractivity contribution in [1.29, 1.82) is 5.26 Å². The van der Waals surface area contributed by atoms with E-state index >= 15 is 0 Å². The second-order valence-electron chi connectivity index (χ2n) is 13.7. The summed E-state index contributed by atoms with van der Waals surface area (Å²) in [4.78, 5) is 50.7. The van der Waals surface area contributed by atoms with Crippen LogP contribution in [0.2, 0.25) is 0 Å². The number of likely N-dealkylation sites (tertiary alicyclic amines) is 1. The van der Waals surface area contributed by atoms with Crippen LogP contribution in [0.25, 0.3) is 0 Å². The number of fused-ring (bicyclic) bond motifs is 2. The van der Waals surface area contributed by atoms with Gasteiger partial charge in [-0.1, -0.05) is 12.1 Å². The van der Waals surface area contributed by atoms with Gasteiger partial charge in [-0.25, -0.2) is 4.99 Å². The van der Waals surface area contributed by atoms with Gasteiger partial charge >= 0.3 is 0 Å². The Balaban J connectivity index is 1.27. The van der Waals surface area contributed by atoms with Crippen molar-refractivity contribution in [3.05, 3.63) is 69.8 Å². The van der Waals surface area contributed by atoms with Crippen molar-refractivity contribution in [3.8, 4) is 6.07 Å². The Labute approximate surface area is 292 Å². The van der Waals surface area contributed by atoms with Crippen molar-refractivity contribution in [2.24, 2.45) is 15.2 Å². The molecular weight excluding hydrogens is 636 g/mol. The molecule has 13 nitrogen and oxygen atoms in total. The number of benzene rings is 2. The summed E-state index contributed by atoms with van der Waals surface area (Å²) in [6.07, 6.45) is 3.32. The zero-order valence-corrected chi connectivity index (χ0v) is 28.6. The van der Waals surface area contributed by atoms with Gasteiger partial charge in [0.25, 0.3) is 11.8 Å². The van der Waals surface area contributed by atoms with E-state index in [1.54, 1.807) is 4.90 Å². The van der Waals surface area contributed by atoms with Gasteiger partial charge in [-0.05, 0) is 85.5 Å². The molecule has 1 aliphatic carbocycles. The molecule has 1 N–H and O–H groups in total. The van der Waals surface area contributed by atoms with Crippen LogP contribution in [0.15, 0.2) is 51.6 Å². The molecule has 5 aliphatic rings. The van der Waals surface area contributed by atoms with Gasteiger partial charge in [0.15, 0.2) is 12.5 Å². The van der Waals surface area contributed by atoms with Crippen molar-refractivity contribution >= 4 is 23.6 Å². The van der Waals surface area contributed by atoms with Crippen LogP contribution in [-0.4, -0.2) is 123 Å². The second-order valence-corrected chi connectivity index (χ2v) is 13.7. The summed E-state index contributed by atoms with van der Waals surface area (Å²) in [6, 6.07) is 13.6. The van der Waals surface area contributed by atoms with Gasteiger partial charge in [0, 0.05) is 49.9 Å². The first-order valence-electron chi connectivity index (χ1n) is 17.7. The lowest BCUT2D eigenvalue weighted by atomic mass is 9.67. The maximum absolute atomic E-state index is 13.7. The minimum absolute atomic E-state index is 0.0223. The molecule has 2 aromatic carbocycles. The average molecular weight is 681 g/mol. The molecule has 0 radical (unpaired) electrons. The number of amides is 3. The van der Waals surface area contributed by atoms with Crippen LogP contribution in [-0.2, 0) is 32.5 Å². The first kappa shape index (κ1) is 34.0. The first-order valence-corrected chi connectivity index (χ1v) is 17.7. The number of morpholine rings is 2. The zero-order valence-electron chi connectivity index (χ0n) is 28.6. The number of hydrogen-bond donors (Lipinski definition) is 1. The molecule has 2 aromatic rings. The Bertz CT molecular complexity index is 1660. The number of nitrogens with one attached hydrogen (secondary N) is 1. The summed E-state index contributed by atoms with van der Waals surface area (Å²) < 4.78 is 11.0. The van der Waals surface area contributed by atoms with Crippen LogP contribution < -0.4 is 5.32 Å². The number of amidine groups is 1. The smallest absolute Gasteiger partial charge is 0.254 e. The van der Waals surface area contributed by atoms with E-state index in [4.69, 9.17) is 14.5 Å². The molecule has 0 saturated carbocycles. The van der Waals surface area contributed by atoms with Crippen molar-refractivity contribution < 1.29 is 23.9 Å². The summed E-state index contributed by atoms with van der Waals surface area (Å²) in [5.74, 6) is 0.439. The fraction of sp³-hybridized carbons (Fsp3) is 0.541. The van der Waals surface area contributed by atoms with E-state index in [0.29, 0.717) is 102 Å². The zero-order chi connectivity index (χ0) is 34.7. The Morgan fingerprint density at radius 1 is 0.920 bits per heavy atom. The normalized spacial score (nSPS) is 21.9. The van der Waals surface area contributed by atoms with E-state index in [2.05, 4.69) is 21.6 Å². The van der Waals surface area contributed by atoms with E-state index < -0.39 is 5.41 Å². The van der Waals surface area contributed by atoms with Crippen LogP contribution in [0, 0.1) is 11.3 Å². The topological polar surface area (TPSA) is 152 Å². The van der Waals surface area contributed by atoms with Gasteiger partial charge in [-0.15, -0.1) is 5.11 Å². The van der Waals surface area contributed by atoms with Crippen LogP contribution in [0.1, 0.15) is 69.2 Å². The fourth-order valence-corrected chi connectivity index (χ4v) is 8.11. The Kier molecular flexibility index (Phi) is 10.0. The highest BCUT2D eigenvalue weighted by Crippen LogP contribution is 2.46. The lowest BCUT2D eigenvalue weighted by molar-refractivity contribution is -0.130. The van der Waals surface area contributed by atoms with Crippen LogP contribution >= 0.6 is 0 Å². The molecule has 4 heterocycles. The second kappa shape index (κ2) is 14.8. The molecule has 0 unspecified atom stereocenters. The summed E-state index contributed by atoms with van der Waals surface area (Å²) in [5, 5.41) is 21.9. The standard InChI is InChI=1S/C37H44N8O5/c1-25(39-23-33(46)45-10-2-3-30(45)22-38)21-37(36-40-24-41-42-36)31-8-6-28(34(47)43-11-15-49-16-12-43)19-26(31)4-5-27-20-29(7-9-32(27)37)35(48)44-13-17-50-18-14-44/h6-9,19-20,25,30,39H,2-5,10-18,21,23-24H2,1H3/t25-,30-/m0/s1. The number of azo groups is 1. The number of aryl methyl sites for hydroxylation is 2. The van der Waals surface area contributed by atoms with Gasteiger partial charge in [0.1, 0.15) is 6.04 Å².